The maximum Gasteiger partial charge on any atom is 0.0741 e. The molecule has 27 heavy (non-hydrogen) atoms. The average Bonchev–Trinajstić information content (AvgIpc) is 3.24. The summed E-state index contributed by atoms with van der Waals surface area (Å²) < 4.78 is 1.94. The lowest BCUT2D eigenvalue weighted by Gasteiger charge is -2.22. The summed E-state index contributed by atoms with van der Waals surface area (Å²) in [7, 11) is 0. The van der Waals surface area contributed by atoms with Gasteiger partial charge in [-0.05, 0) is 48.6 Å². The predicted octanol–water partition coefficient (Wildman–Crippen LogP) is 6.14. The smallest absolute Gasteiger partial charge is 0.0741 e. The van der Waals surface area contributed by atoms with Gasteiger partial charge in [0.25, 0.3) is 0 Å². The Balaban J connectivity index is 1.41. The molecular weight excluding hydrogens is 330 g/mol. The molecular formula is C24H23N3. The van der Waals surface area contributed by atoms with Crippen molar-refractivity contribution in [3.8, 4) is 16.9 Å². The van der Waals surface area contributed by atoms with Crippen molar-refractivity contribution in [2.75, 3.05) is 0 Å². The fraction of sp³-hybridized carbons (Fsp3) is 0.250. The van der Waals surface area contributed by atoms with Crippen LogP contribution in [0.25, 0.3) is 27.8 Å². The first kappa shape index (κ1) is 16.2. The first-order valence-corrected chi connectivity index (χ1v) is 9.88. The summed E-state index contributed by atoms with van der Waals surface area (Å²) in [5.74, 6) is 0.739. The molecule has 5 rings (SSSR count). The molecule has 134 valence electrons. The lowest BCUT2D eigenvalue weighted by molar-refractivity contribution is 0.443. The third-order valence-corrected chi connectivity index (χ3v) is 5.71. The zero-order valence-corrected chi connectivity index (χ0v) is 15.4. The quantitative estimate of drug-likeness (QED) is 0.443. The van der Waals surface area contributed by atoms with Crippen LogP contribution in [0.1, 0.15) is 43.6 Å². The van der Waals surface area contributed by atoms with Crippen molar-refractivity contribution in [1.29, 1.82) is 0 Å². The van der Waals surface area contributed by atoms with Gasteiger partial charge in [-0.25, -0.2) is 9.67 Å². The largest absolute Gasteiger partial charge is 0.248 e. The van der Waals surface area contributed by atoms with Gasteiger partial charge >= 0.3 is 0 Å². The van der Waals surface area contributed by atoms with E-state index in [9.17, 15) is 0 Å². The van der Waals surface area contributed by atoms with Gasteiger partial charge in [0.1, 0.15) is 0 Å². The summed E-state index contributed by atoms with van der Waals surface area (Å²) >= 11 is 0. The summed E-state index contributed by atoms with van der Waals surface area (Å²) in [4.78, 5) is 4.77. The Morgan fingerprint density at radius 3 is 2.48 bits per heavy atom. The molecule has 0 N–H and O–H groups in total. The molecule has 0 atom stereocenters. The summed E-state index contributed by atoms with van der Waals surface area (Å²) in [5.41, 5.74) is 5.58. The molecule has 0 spiro atoms. The second kappa shape index (κ2) is 6.99. The number of hydrogen-bond donors (Lipinski definition) is 0. The first-order chi connectivity index (χ1) is 13.4. The third kappa shape index (κ3) is 3.25. The Hall–Kier alpha value is -2.94. The highest BCUT2D eigenvalue weighted by Crippen LogP contribution is 2.33. The number of hydrogen-bond acceptors (Lipinski definition) is 2. The van der Waals surface area contributed by atoms with E-state index in [0.717, 1.165) is 33.8 Å². The Morgan fingerprint density at radius 2 is 1.63 bits per heavy atom. The van der Waals surface area contributed by atoms with Crippen molar-refractivity contribution >= 4 is 10.9 Å². The van der Waals surface area contributed by atoms with Crippen LogP contribution in [0, 0.1) is 0 Å². The Morgan fingerprint density at radius 1 is 0.815 bits per heavy atom. The van der Waals surface area contributed by atoms with Gasteiger partial charge in [0.05, 0.1) is 23.1 Å². The average molecular weight is 353 g/mol. The van der Waals surface area contributed by atoms with E-state index in [-0.39, 0.29) is 0 Å². The maximum absolute atomic E-state index is 4.77. The molecule has 2 aromatic heterocycles. The highest BCUT2D eigenvalue weighted by Gasteiger charge is 2.15. The van der Waals surface area contributed by atoms with Crippen LogP contribution in [0.5, 0.6) is 0 Å². The van der Waals surface area contributed by atoms with Crippen LogP contribution in [0.15, 0.2) is 73.1 Å². The first-order valence-electron chi connectivity index (χ1n) is 9.88. The lowest BCUT2D eigenvalue weighted by atomic mass is 9.84. The van der Waals surface area contributed by atoms with Crippen LogP contribution in [0.3, 0.4) is 0 Å². The van der Waals surface area contributed by atoms with Crippen LogP contribution in [-0.4, -0.2) is 14.8 Å². The number of fused-ring (bicyclic) bond motifs is 1. The third-order valence-electron chi connectivity index (χ3n) is 5.71. The summed E-state index contributed by atoms with van der Waals surface area (Å²) in [5, 5.41) is 5.72. The predicted molar refractivity (Wildman–Crippen MR) is 110 cm³/mol. The van der Waals surface area contributed by atoms with Crippen molar-refractivity contribution in [1.82, 2.24) is 14.8 Å². The number of nitrogens with zero attached hydrogens (tertiary/aromatic N) is 3. The fourth-order valence-corrected chi connectivity index (χ4v) is 4.16. The molecule has 3 heteroatoms. The molecule has 0 aliphatic heterocycles. The molecule has 1 fully saturated rings. The van der Waals surface area contributed by atoms with Crippen LogP contribution in [-0.2, 0) is 0 Å². The summed E-state index contributed by atoms with van der Waals surface area (Å²) in [6, 6.07) is 21.3. The van der Waals surface area contributed by atoms with E-state index in [4.69, 9.17) is 4.98 Å². The van der Waals surface area contributed by atoms with Crippen LogP contribution in [0.4, 0.5) is 0 Å². The topological polar surface area (TPSA) is 30.7 Å². The molecule has 0 saturated heterocycles. The van der Waals surface area contributed by atoms with Gasteiger partial charge < -0.3 is 0 Å². The van der Waals surface area contributed by atoms with Crippen molar-refractivity contribution in [2.24, 2.45) is 0 Å². The number of para-hydroxylation sites is 1. The van der Waals surface area contributed by atoms with Gasteiger partial charge in [-0.3, -0.25) is 0 Å². The Kier molecular flexibility index (Phi) is 4.21. The van der Waals surface area contributed by atoms with Crippen molar-refractivity contribution < 1.29 is 0 Å². The highest BCUT2D eigenvalue weighted by molar-refractivity contribution is 5.81. The van der Waals surface area contributed by atoms with Gasteiger partial charge in [-0.2, -0.15) is 5.10 Å². The minimum absolute atomic E-state index is 0.739. The minimum Gasteiger partial charge on any atom is -0.248 e. The van der Waals surface area contributed by atoms with Gasteiger partial charge in [-0.15, -0.1) is 0 Å². The molecule has 2 heterocycles. The van der Waals surface area contributed by atoms with E-state index in [1.54, 1.807) is 0 Å². The van der Waals surface area contributed by atoms with Gasteiger partial charge in [-0.1, -0.05) is 55.7 Å². The summed E-state index contributed by atoms with van der Waals surface area (Å²) in [6.07, 6.45) is 10.8. The van der Waals surface area contributed by atoms with Crippen LogP contribution < -0.4 is 0 Å². The molecule has 0 bridgehead atoms. The molecule has 3 nitrogen and oxygen atoms in total. The number of rotatable bonds is 3. The molecule has 0 amide bonds. The number of benzene rings is 2. The van der Waals surface area contributed by atoms with E-state index >= 15 is 0 Å². The molecule has 0 unspecified atom stereocenters. The SMILES string of the molecule is c1ccc2nc(-c3cnn(-c4ccc(C5CCCCC5)cc4)c3)ccc2c1. The lowest BCUT2D eigenvalue weighted by Crippen LogP contribution is -2.04. The Bertz CT molecular complexity index is 1060. The van der Waals surface area contributed by atoms with Crippen molar-refractivity contribution in [3.63, 3.8) is 0 Å². The van der Waals surface area contributed by atoms with Crippen molar-refractivity contribution in [3.05, 3.63) is 78.6 Å². The second-order valence-corrected chi connectivity index (χ2v) is 7.49. The van der Waals surface area contributed by atoms with E-state index in [2.05, 4.69) is 53.8 Å². The van der Waals surface area contributed by atoms with E-state index in [1.165, 1.54) is 37.7 Å². The zero-order valence-electron chi connectivity index (χ0n) is 15.4. The highest BCUT2D eigenvalue weighted by atomic mass is 15.3. The molecule has 1 saturated carbocycles. The molecule has 2 aromatic carbocycles. The van der Waals surface area contributed by atoms with E-state index in [0.29, 0.717) is 0 Å². The van der Waals surface area contributed by atoms with Crippen LogP contribution >= 0.6 is 0 Å². The zero-order chi connectivity index (χ0) is 18.1. The maximum atomic E-state index is 4.77. The minimum atomic E-state index is 0.739. The van der Waals surface area contributed by atoms with Crippen molar-refractivity contribution in [2.45, 2.75) is 38.0 Å². The second-order valence-electron chi connectivity index (χ2n) is 7.49. The normalized spacial score (nSPS) is 15.3. The summed E-state index contributed by atoms with van der Waals surface area (Å²) in [6.45, 7) is 0. The number of aromatic nitrogens is 3. The van der Waals surface area contributed by atoms with E-state index < -0.39 is 0 Å². The van der Waals surface area contributed by atoms with E-state index in [1.807, 2.05) is 29.1 Å². The van der Waals surface area contributed by atoms with Gasteiger partial charge in [0.2, 0.25) is 0 Å². The monoisotopic (exact) mass is 353 g/mol. The molecule has 0 radical (unpaired) electrons. The fourth-order valence-electron chi connectivity index (χ4n) is 4.16. The number of pyridine rings is 1. The molecule has 1 aliphatic carbocycles. The Labute approximate surface area is 159 Å². The molecule has 4 aromatic rings. The van der Waals surface area contributed by atoms with Gasteiger partial charge in [0.15, 0.2) is 0 Å². The van der Waals surface area contributed by atoms with Crippen LogP contribution in [0.2, 0.25) is 0 Å². The molecule has 1 aliphatic rings. The standard InChI is InChI=1S/C24H23N3/c1-2-6-18(7-3-1)19-10-13-22(14-11-19)27-17-21(16-25-27)24-15-12-20-8-4-5-9-23(20)26-24/h4-5,8-18H,1-3,6-7H2. The van der Waals surface area contributed by atoms with Gasteiger partial charge in [0, 0.05) is 17.1 Å².